The number of nitrogens with zero attached hydrogens (tertiary/aromatic N) is 1. The van der Waals surface area contributed by atoms with Crippen LogP contribution >= 0.6 is 0 Å². The number of ether oxygens (including phenoxy) is 1. The average molecular weight is 214 g/mol. The summed E-state index contributed by atoms with van der Waals surface area (Å²) in [7, 11) is 1.70. The Morgan fingerprint density at radius 3 is 2.87 bits per heavy atom. The minimum atomic E-state index is -0.351. The lowest BCUT2D eigenvalue weighted by Gasteiger charge is -2.37. The molecule has 0 aliphatic carbocycles. The van der Waals surface area contributed by atoms with E-state index in [0.717, 1.165) is 13.0 Å². The number of piperidine rings is 1. The van der Waals surface area contributed by atoms with E-state index in [4.69, 9.17) is 10.5 Å². The standard InChI is InChI=1S/C11H22N2O2/c1-4-9(12)11(14)13-6-5-8(2)10(7-13)15-3/h8-10H,4-7,12H2,1-3H3. The number of rotatable bonds is 3. The number of nitrogens with two attached hydrogens (primary N) is 1. The van der Waals surface area contributed by atoms with Crippen molar-refractivity contribution in [3.8, 4) is 0 Å². The lowest BCUT2D eigenvalue weighted by molar-refractivity contribution is -0.137. The predicted molar refractivity (Wildman–Crippen MR) is 59.4 cm³/mol. The monoisotopic (exact) mass is 214 g/mol. The number of hydrogen-bond acceptors (Lipinski definition) is 3. The molecule has 3 atom stereocenters. The molecule has 2 N–H and O–H groups in total. The highest BCUT2D eigenvalue weighted by Gasteiger charge is 2.30. The van der Waals surface area contributed by atoms with Gasteiger partial charge in [-0.3, -0.25) is 4.79 Å². The highest BCUT2D eigenvalue weighted by molar-refractivity contribution is 5.81. The van der Waals surface area contributed by atoms with Crippen LogP contribution < -0.4 is 5.73 Å². The molecule has 1 heterocycles. The topological polar surface area (TPSA) is 55.6 Å². The molecule has 1 rings (SSSR count). The zero-order valence-corrected chi connectivity index (χ0v) is 9.90. The normalized spacial score (nSPS) is 28.9. The van der Waals surface area contributed by atoms with Gasteiger partial charge in [0.2, 0.25) is 5.91 Å². The van der Waals surface area contributed by atoms with E-state index in [-0.39, 0.29) is 18.1 Å². The SMILES string of the molecule is CCC(N)C(=O)N1CCC(C)C(OC)C1. The molecule has 0 radical (unpaired) electrons. The molecule has 1 fully saturated rings. The molecule has 0 saturated carbocycles. The van der Waals surface area contributed by atoms with Gasteiger partial charge < -0.3 is 15.4 Å². The van der Waals surface area contributed by atoms with Gasteiger partial charge >= 0.3 is 0 Å². The summed E-state index contributed by atoms with van der Waals surface area (Å²) in [6, 6.07) is -0.351. The molecule has 1 aliphatic rings. The third-order valence-corrected chi connectivity index (χ3v) is 3.26. The largest absolute Gasteiger partial charge is 0.379 e. The molecule has 3 unspecified atom stereocenters. The summed E-state index contributed by atoms with van der Waals surface area (Å²) in [5.41, 5.74) is 5.74. The average Bonchev–Trinajstić information content (AvgIpc) is 2.27. The van der Waals surface area contributed by atoms with E-state index >= 15 is 0 Å². The van der Waals surface area contributed by atoms with Gasteiger partial charge in [0.05, 0.1) is 12.1 Å². The summed E-state index contributed by atoms with van der Waals surface area (Å²) in [5, 5.41) is 0. The van der Waals surface area contributed by atoms with Gasteiger partial charge in [-0.2, -0.15) is 0 Å². The summed E-state index contributed by atoms with van der Waals surface area (Å²) in [6.07, 6.45) is 1.86. The van der Waals surface area contributed by atoms with Gasteiger partial charge in [0.15, 0.2) is 0 Å². The van der Waals surface area contributed by atoms with Crippen LogP contribution in [0, 0.1) is 5.92 Å². The maximum absolute atomic E-state index is 11.8. The number of carbonyl (C=O) groups is 1. The van der Waals surface area contributed by atoms with Gasteiger partial charge in [0, 0.05) is 20.2 Å². The number of hydrogen-bond donors (Lipinski definition) is 1. The van der Waals surface area contributed by atoms with E-state index < -0.39 is 0 Å². The zero-order valence-electron chi connectivity index (χ0n) is 9.90. The minimum Gasteiger partial charge on any atom is -0.379 e. The Balaban J connectivity index is 2.54. The minimum absolute atomic E-state index is 0.0615. The molecule has 1 aliphatic heterocycles. The molecule has 4 heteroatoms. The van der Waals surface area contributed by atoms with Crippen molar-refractivity contribution in [2.24, 2.45) is 11.7 Å². The van der Waals surface area contributed by atoms with E-state index in [1.807, 2.05) is 11.8 Å². The van der Waals surface area contributed by atoms with Gasteiger partial charge in [0.1, 0.15) is 0 Å². The molecular weight excluding hydrogens is 192 g/mol. The molecule has 15 heavy (non-hydrogen) atoms. The summed E-state index contributed by atoms with van der Waals surface area (Å²) in [4.78, 5) is 13.7. The van der Waals surface area contributed by atoms with Crippen LogP contribution in [0.5, 0.6) is 0 Å². The first-order valence-electron chi connectivity index (χ1n) is 5.67. The van der Waals surface area contributed by atoms with Gasteiger partial charge in [-0.15, -0.1) is 0 Å². The van der Waals surface area contributed by atoms with E-state index in [2.05, 4.69) is 6.92 Å². The van der Waals surface area contributed by atoms with Gasteiger partial charge in [0.25, 0.3) is 0 Å². The van der Waals surface area contributed by atoms with E-state index in [1.54, 1.807) is 7.11 Å². The van der Waals surface area contributed by atoms with E-state index in [9.17, 15) is 4.79 Å². The molecular formula is C11H22N2O2. The van der Waals surface area contributed by atoms with Crippen molar-refractivity contribution in [2.45, 2.75) is 38.8 Å². The van der Waals surface area contributed by atoms with Crippen LogP contribution in [0.15, 0.2) is 0 Å². The fraction of sp³-hybridized carbons (Fsp3) is 0.909. The van der Waals surface area contributed by atoms with Crippen molar-refractivity contribution in [3.05, 3.63) is 0 Å². The molecule has 0 aromatic carbocycles. The maximum Gasteiger partial charge on any atom is 0.239 e. The van der Waals surface area contributed by atoms with Crippen molar-refractivity contribution in [3.63, 3.8) is 0 Å². The first-order valence-corrected chi connectivity index (χ1v) is 5.67. The number of likely N-dealkylation sites (tertiary alicyclic amines) is 1. The maximum atomic E-state index is 11.8. The van der Waals surface area contributed by atoms with E-state index in [1.165, 1.54) is 0 Å². The molecule has 0 aromatic rings. The molecule has 1 amide bonds. The van der Waals surface area contributed by atoms with Crippen LogP contribution in [0.4, 0.5) is 0 Å². The van der Waals surface area contributed by atoms with Crippen molar-refractivity contribution < 1.29 is 9.53 Å². The third kappa shape index (κ3) is 2.92. The second-order valence-electron chi connectivity index (χ2n) is 4.34. The Bertz CT molecular complexity index is 221. The van der Waals surface area contributed by atoms with Gasteiger partial charge in [-0.1, -0.05) is 13.8 Å². The molecule has 0 bridgehead atoms. The quantitative estimate of drug-likeness (QED) is 0.749. The molecule has 4 nitrogen and oxygen atoms in total. The van der Waals surface area contributed by atoms with Crippen LogP contribution in [0.3, 0.4) is 0 Å². The molecule has 1 saturated heterocycles. The summed E-state index contributed by atoms with van der Waals surface area (Å²) < 4.78 is 5.36. The Labute approximate surface area is 91.8 Å². The Morgan fingerprint density at radius 2 is 2.33 bits per heavy atom. The van der Waals surface area contributed by atoms with Crippen LogP contribution in [0.1, 0.15) is 26.7 Å². The molecule has 0 spiro atoms. The number of amides is 1. The van der Waals surface area contributed by atoms with Gasteiger partial charge in [-0.05, 0) is 18.8 Å². The smallest absolute Gasteiger partial charge is 0.239 e. The lowest BCUT2D eigenvalue weighted by Crippen LogP contribution is -2.51. The summed E-state index contributed by atoms with van der Waals surface area (Å²) in [5.74, 6) is 0.586. The van der Waals surface area contributed by atoms with Crippen LogP contribution in [0.2, 0.25) is 0 Å². The Morgan fingerprint density at radius 1 is 1.67 bits per heavy atom. The van der Waals surface area contributed by atoms with Crippen LogP contribution in [-0.4, -0.2) is 43.2 Å². The third-order valence-electron chi connectivity index (χ3n) is 3.26. The predicted octanol–water partition coefficient (Wildman–Crippen LogP) is 0.607. The van der Waals surface area contributed by atoms with Crippen molar-refractivity contribution >= 4 is 5.91 Å². The van der Waals surface area contributed by atoms with E-state index in [0.29, 0.717) is 18.9 Å². The summed E-state index contributed by atoms with van der Waals surface area (Å²) in [6.45, 7) is 5.59. The summed E-state index contributed by atoms with van der Waals surface area (Å²) >= 11 is 0. The number of carbonyl (C=O) groups excluding carboxylic acids is 1. The Hall–Kier alpha value is -0.610. The highest BCUT2D eigenvalue weighted by Crippen LogP contribution is 2.19. The first-order chi connectivity index (χ1) is 7.10. The second kappa shape index (κ2) is 5.47. The van der Waals surface area contributed by atoms with Crippen LogP contribution in [0.25, 0.3) is 0 Å². The van der Waals surface area contributed by atoms with Gasteiger partial charge in [-0.25, -0.2) is 0 Å². The second-order valence-corrected chi connectivity index (χ2v) is 4.34. The zero-order chi connectivity index (χ0) is 11.4. The molecule has 88 valence electrons. The van der Waals surface area contributed by atoms with Crippen molar-refractivity contribution in [1.82, 2.24) is 4.90 Å². The first kappa shape index (κ1) is 12.5. The lowest BCUT2D eigenvalue weighted by atomic mass is 9.95. The fourth-order valence-corrected chi connectivity index (χ4v) is 1.95. The fourth-order valence-electron chi connectivity index (χ4n) is 1.95. The van der Waals surface area contributed by atoms with Crippen LogP contribution in [-0.2, 0) is 9.53 Å². The van der Waals surface area contributed by atoms with Crippen molar-refractivity contribution in [1.29, 1.82) is 0 Å². The Kier molecular flexibility index (Phi) is 4.54. The number of methoxy groups -OCH3 is 1. The van der Waals surface area contributed by atoms with Crippen molar-refractivity contribution in [2.75, 3.05) is 20.2 Å². The molecule has 0 aromatic heterocycles. The highest BCUT2D eigenvalue weighted by atomic mass is 16.5.